The predicted molar refractivity (Wildman–Crippen MR) is 127 cm³/mol. The van der Waals surface area contributed by atoms with Crippen molar-refractivity contribution in [1.29, 1.82) is 0 Å². The molecule has 32 heavy (non-hydrogen) atoms. The summed E-state index contributed by atoms with van der Waals surface area (Å²) in [5.74, 6) is 1.91. The number of ether oxygens (including phenoxy) is 1. The molecule has 7 nitrogen and oxygen atoms in total. The van der Waals surface area contributed by atoms with Gasteiger partial charge in [-0.25, -0.2) is 4.98 Å². The second-order valence-corrected chi connectivity index (χ2v) is 8.92. The highest BCUT2D eigenvalue weighted by atomic mass is 32.2. The fourth-order valence-electron chi connectivity index (χ4n) is 3.39. The van der Waals surface area contributed by atoms with Crippen molar-refractivity contribution in [2.75, 3.05) is 7.11 Å². The van der Waals surface area contributed by atoms with E-state index in [2.05, 4.69) is 34.2 Å². The molecule has 9 heteroatoms. The van der Waals surface area contributed by atoms with E-state index >= 15 is 0 Å². The van der Waals surface area contributed by atoms with E-state index in [0.29, 0.717) is 27.4 Å². The fraction of sp³-hybridized carbons (Fsp3) is 0.130. The average Bonchev–Trinajstić information content (AvgIpc) is 3.45. The van der Waals surface area contributed by atoms with Crippen molar-refractivity contribution in [2.45, 2.75) is 17.8 Å². The summed E-state index contributed by atoms with van der Waals surface area (Å²) in [7, 11) is 1.64. The molecule has 0 N–H and O–H groups in total. The molecule has 0 aliphatic heterocycles. The molecule has 5 rings (SSSR count). The molecular weight excluding hydrogens is 442 g/mol. The Bertz CT molecular complexity index is 1450. The number of rotatable bonds is 6. The Morgan fingerprint density at radius 2 is 1.91 bits per heavy atom. The number of aryl methyl sites for hydroxylation is 1. The zero-order valence-corrected chi connectivity index (χ0v) is 19.1. The zero-order chi connectivity index (χ0) is 22.1. The SMILES string of the molecule is COc1ccccc1-c1nnc(SCc2cc(=O)n3ccsc3n2)n1-c1ccc(C)cc1. The number of nitrogens with zero attached hydrogens (tertiary/aromatic N) is 5. The van der Waals surface area contributed by atoms with Crippen LogP contribution in [0.4, 0.5) is 0 Å². The molecule has 0 unspecified atom stereocenters. The van der Waals surface area contributed by atoms with Crippen LogP contribution in [0.3, 0.4) is 0 Å². The molecule has 0 radical (unpaired) electrons. The lowest BCUT2D eigenvalue weighted by atomic mass is 10.1. The van der Waals surface area contributed by atoms with E-state index in [-0.39, 0.29) is 5.56 Å². The van der Waals surface area contributed by atoms with Crippen LogP contribution >= 0.6 is 23.1 Å². The molecule has 0 aliphatic rings. The first-order chi connectivity index (χ1) is 15.6. The Balaban J connectivity index is 1.56. The molecule has 0 atom stereocenters. The summed E-state index contributed by atoms with van der Waals surface area (Å²) in [5.41, 5.74) is 3.60. The minimum Gasteiger partial charge on any atom is -0.496 e. The van der Waals surface area contributed by atoms with E-state index in [1.165, 1.54) is 28.7 Å². The smallest absolute Gasteiger partial charge is 0.258 e. The van der Waals surface area contributed by atoms with Gasteiger partial charge in [0, 0.05) is 29.1 Å². The molecule has 5 aromatic rings. The Hall–Kier alpha value is -3.43. The minimum atomic E-state index is -0.0819. The van der Waals surface area contributed by atoms with Gasteiger partial charge < -0.3 is 4.74 Å². The van der Waals surface area contributed by atoms with Gasteiger partial charge in [-0.05, 0) is 31.2 Å². The van der Waals surface area contributed by atoms with Crippen LogP contribution in [0.25, 0.3) is 22.0 Å². The predicted octanol–water partition coefficient (Wildman–Crippen LogP) is 4.61. The van der Waals surface area contributed by atoms with Crippen LogP contribution in [0.2, 0.25) is 0 Å². The number of methoxy groups -OCH3 is 1. The van der Waals surface area contributed by atoms with Crippen molar-refractivity contribution in [2.24, 2.45) is 0 Å². The number of hydrogen-bond donors (Lipinski definition) is 0. The summed E-state index contributed by atoms with van der Waals surface area (Å²) in [4.78, 5) is 17.6. The maximum absolute atomic E-state index is 12.3. The fourth-order valence-corrected chi connectivity index (χ4v) is 4.98. The van der Waals surface area contributed by atoms with Crippen LogP contribution in [-0.4, -0.2) is 31.3 Å². The van der Waals surface area contributed by atoms with Gasteiger partial charge in [-0.15, -0.1) is 21.5 Å². The normalized spacial score (nSPS) is 11.2. The molecule has 3 aromatic heterocycles. The van der Waals surface area contributed by atoms with Gasteiger partial charge in [-0.2, -0.15) is 0 Å². The molecule has 3 heterocycles. The third-order valence-electron chi connectivity index (χ3n) is 4.98. The van der Waals surface area contributed by atoms with Crippen molar-refractivity contribution >= 4 is 28.1 Å². The number of aromatic nitrogens is 5. The Morgan fingerprint density at radius 1 is 1.09 bits per heavy atom. The highest BCUT2D eigenvalue weighted by Gasteiger charge is 2.19. The highest BCUT2D eigenvalue weighted by molar-refractivity contribution is 7.98. The summed E-state index contributed by atoms with van der Waals surface area (Å²) >= 11 is 2.93. The molecule has 0 saturated heterocycles. The van der Waals surface area contributed by atoms with Crippen LogP contribution in [-0.2, 0) is 5.75 Å². The summed E-state index contributed by atoms with van der Waals surface area (Å²) in [6, 6.07) is 17.5. The number of para-hydroxylation sites is 1. The summed E-state index contributed by atoms with van der Waals surface area (Å²) in [6.07, 6.45) is 1.74. The lowest BCUT2D eigenvalue weighted by Gasteiger charge is -2.12. The second kappa shape index (κ2) is 8.60. The van der Waals surface area contributed by atoms with Crippen molar-refractivity contribution < 1.29 is 4.74 Å². The summed E-state index contributed by atoms with van der Waals surface area (Å²) in [6.45, 7) is 2.05. The number of thiazole rings is 1. The molecule has 0 fully saturated rings. The van der Waals surface area contributed by atoms with Crippen molar-refractivity contribution in [1.82, 2.24) is 24.1 Å². The van der Waals surface area contributed by atoms with Gasteiger partial charge in [0.1, 0.15) is 5.75 Å². The van der Waals surface area contributed by atoms with Gasteiger partial charge in [-0.3, -0.25) is 13.8 Å². The van der Waals surface area contributed by atoms with Gasteiger partial charge in [-0.1, -0.05) is 41.6 Å². The van der Waals surface area contributed by atoms with E-state index in [1.54, 1.807) is 23.8 Å². The van der Waals surface area contributed by atoms with E-state index in [4.69, 9.17) is 4.74 Å². The minimum absolute atomic E-state index is 0.0819. The first kappa shape index (κ1) is 20.5. The third-order valence-corrected chi connectivity index (χ3v) is 6.70. The van der Waals surface area contributed by atoms with Crippen LogP contribution in [0.15, 0.2) is 76.1 Å². The van der Waals surface area contributed by atoms with Gasteiger partial charge in [0.05, 0.1) is 18.4 Å². The van der Waals surface area contributed by atoms with Gasteiger partial charge in [0.25, 0.3) is 5.56 Å². The first-order valence-electron chi connectivity index (χ1n) is 9.88. The molecule has 0 bridgehead atoms. The van der Waals surface area contributed by atoms with Crippen LogP contribution in [0.5, 0.6) is 5.75 Å². The quantitative estimate of drug-likeness (QED) is 0.344. The van der Waals surface area contributed by atoms with E-state index in [0.717, 1.165) is 17.0 Å². The molecule has 0 saturated carbocycles. The lowest BCUT2D eigenvalue weighted by Crippen LogP contribution is -2.12. The maximum Gasteiger partial charge on any atom is 0.258 e. The zero-order valence-electron chi connectivity index (χ0n) is 17.4. The topological polar surface area (TPSA) is 74.3 Å². The van der Waals surface area contributed by atoms with Crippen molar-refractivity contribution in [3.63, 3.8) is 0 Å². The van der Waals surface area contributed by atoms with Gasteiger partial charge in [0.15, 0.2) is 15.9 Å². The Kier molecular flexibility index (Phi) is 5.50. The Labute approximate surface area is 192 Å². The maximum atomic E-state index is 12.3. The number of benzene rings is 2. The van der Waals surface area contributed by atoms with Crippen molar-refractivity contribution in [3.8, 4) is 22.8 Å². The summed E-state index contributed by atoms with van der Waals surface area (Å²) < 4.78 is 9.12. The largest absolute Gasteiger partial charge is 0.496 e. The monoisotopic (exact) mass is 461 g/mol. The highest BCUT2D eigenvalue weighted by Crippen LogP contribution is 2.34. The lowest BCUT2D eigenvalue weighted by molar-refractivity contribution is 0.416. The molecule has 160 valence electrons. The number of fused-ring (bicyclic) bond motifs is 1. The van der Waals surface area contributed by atoms with Crippen LogP contribution < -0.4 is 10.3 Å². The van der Waals surface area contributed by atoms with Crippen LogP contribution in [0, 0.1) is 6.92 Å². The molecular formula is C23H19N5O2S2. The average molecular weight is 462 g/mol. The molecule has 0 amide bonds. The van der Waals surface area contributed by atoms with Crippen molar-refractivity contribution in [3.05, 3.63) is 87.8 Å². The standard InChI is InChI=1S/C23H19N5O2S2/c1-15-7-9-17(10-8-15)28-21(18-5-3-4-6-19(18)30-2)25-26-23(28)32-14-16-13-20(29)27-11-12-31-22(27)24-16/h3-13H,14H2,1-2H3. The molecule has 2 aromatic carbocycles. The molecule has 0 spiro atoms. The van der Waals surface area contributed by atoms with E-state index in [1.807, 2.05) is 46.3 Å². The third kappa shape index (κ3) is 3.80. The number of thioether (sulfide) groups is 1. The Morgan fingerprint density at radius 3 is 2.72 bits per heavy atom. The van der Waals surface area contributed by atoms with Gasteiger partial charge in [0.2, 0.25) is 0 Å². The molecule has 0 aliphatic carbocycles. The summed E-state index contributed by atoms with van der Waals surface area (Å²) in [5, 5.41) is 11.5. The first-order valence-corrected chi connectivity index (χ1v) is 11.7. The second-order valence-electron chi connectivity index (χ2n) is 7.11. The van der Waals surface area contributed by atoms with E-state index < -0.39 is 0 Å². The van der Waals surface area contributed by atoms with Crippen LogP contribution in [0.1, 0.15) is 11.3 Å². The van der Waals surface area contributed by atoms with Gasteiger partial charge >= 0.3 is 0 Å². The van der Waals surface area contributed by atoms with E-state index in [9.17, 15) is 4.79 Å². The number of hydrogen-bond acceptors (Lipinski definition) is 7.